The molecule has 0 radical (unpaired) electrons. The van der Waals surface area contributed by atoms with Gasteiger partial charge in [0.2, 0.25) is 0 Å². The molecule has 0 aliphatic carbocycles. The van der Waals surface area contributed by atoms with Crippen molar-refractivity contribution in [1.29, 1.82) is 0 Å². The summed E-state index contributed by atoms with van der Waals surface area (Å²) in [5, 5.41) is 0. The molecule has 0 bridgehead atoms. The number of anilines is 6. The molecular formula is C38H40N2. The van der Waals surface area contributed by atoms with E-state index < -0.39 is 0 Å². The fraction of sp³-hybridized carbons (Fsp3) is 0.211. The lowest BCUT2D eigenvalue weighted by molar-refractivity contribution is 1.21. The largest absolute Gasteiger partial charge is 0.310 e. The summed E-state index contributed by atoms with van der Waals surface area (Å²) in [6, 6.07) is 36.1. The van der Waals surface area contributed by atoms with E-state index in [0.29, 0.717) is 0 Å². The van der Waals surface area contributed by atoms with Gasteiger partial charge in [0.05, 0.1) is 0 Å². The number of hydrogen-bond acceptors (Lipinski definition) is 2. The van der Waals surface area contributed by atoms with Gasteiger partial charge in [-0.15, -0.1) is 0 Å². The molecule has 0 N–H and O–H groups in total. The number of hydrogen-bond donors (Lipinski definition) is 0. The molecule has 2 nitrogen and oxygen atoms in total. The van der Waals surface area contributed by atoms with E-state index in [4.69, 9.17) is 0 Å². The Labute approximate surface area is 240 Å². The van der Waals surface area contributed by atoms with Crippen LogP contribution in [0.1, 0.15) is 44.5 Å². The predicted octanol–water partition coefficient (Wildman–Crippen LogP) is 11.1. The average molecular weight is 525 g/mol. The Morgan fingerprint density at radius 2 is 0.500 bits per heavy atom. The topological polar surface area (TPSA) is 6.48 Å². The van der Waals surface area contributed by atoms with Crippen LogP contribution in [0.25, 0.3) is 0 Å². The molecule has 0 spiro atoms. The zero-order chi connectivity index (χ0) is 28.6. The molecule has 0 atom stereocenters. The van der Waals surface area contributed by atoms with Gasteiger partial charge in [-0.3, -0.25) is 0 Å². The molecule has 5 aromatic rings. The van der Waals surface area contributed by atoms with Gasteiger partial charge < -0.3 is 9.80 Å². The minimum Gasteiger partial charge on any atom is -0.310 e. The third-order valence-electron chi connectivity index (χ3n) is 7.20. The first-order valence-corrected chi connectivity index (χ1v) is 14.1. The van der Waals surface area contributed by atoms with Crippen molar-refractivity contribution >= 4 is 34.1 Å². The first kappa shape index (κ1) is 27.3. The number of benzene rings is 5. The molecule has 0 fully saturated rings. The van der Waals surface area contributed by atoms with Crippen LogP contribution in [-0.2, 0) is 0 Å². The second-order valence-electron chi connectivity index (χ2n) is 11.6. The zero-order valence-electron chi connectivity index (χ0n) is 25.1. The zero-order valence-corrected chi connectivity index (χ0v) is 25.1. The second-order valence-corrected chi connectivity index (χ2v) is 11.6. The summed E-state index contributed by atoms with van der Waals surface area (Å²) < 4.78 is 0. The number of rotatable bonds is 6. The Morgan fingerprint density at radius 3 is 0.725 bits per heavy atom. The van der Waals surface area contributed by atoms with Crippen molar-refractivity contribution in [2.75, 3.05) is 9.80 Å². The van der Waals surface area contributed by atoms with E-state index in [1.165, 1.54) is 67.3 Å². The minimum absolute atomic E-state index is 1.13. The Bertz CT molecular complexity index is 1390. The van der Waals surface area contributed by atoms with Gasteiger partial charge in [0.25, 0.3) is 0 Å². The van der Waals surface area contributed by atoms with E-state index in [1.807, 2.05) is 0 Å². The van der Waals surface area contributed by atoms with Gasteiger partial charge in [-0.1, -0.05) is 30.3 Å². The van der Waals surface area contributed by atoms with Gasteiger partial charge in [-0.25, -0.2) is 0 Å². The Morgan fingerprint density at radius 1 is 0.275 bits per heavy atom. The molecule has 0 amide bonds. The van der Waals surface area contributed by atoms with Gasteiger partial charge in [-0.05, 0) is 167 Å². The van der Waals surface area contributed by atoms with Gasteiger partial charge in [-0.2, -0.15) is 0 Å². The van der Waals surface area contributed by atoms with Crippen LogP contribution in [-0.4, -0.2) is 0 Å². The van der Waals surface area contributed by atoms with Crippen LogP contribution in [0.2, 0.25) is 0 Å². The lowest BCUT2D eigenvalue weighted by atomic mass is 10.0. The van der Waals surface area contributed by atoms with Crippen molar-refractivity contribution in [1.82, 2.24) is 0 Å². The molecule has 0 aromatic heterocycles. The summed E-state index contributed by atoms with van der Waals surface area (Å²) in [6.07, 6.45) is 0. The third-order valence-corrected chi connectivity index (χ3v) is 7.20. The molecule has 0 aliphatic rings. The van der Waals surface area contributed by atoms with E-state index in [-0.39, 0.29) is 0 Å². The van der Waals surface area contributed by atoms with Crippen molar-refractivity contribution in [2.24, 2.45) is 0 Å². The normalized spacial score (nSPS) is 11.0. The van der Waals surface area contributed by atoms with Crippen molar-refractivity contribution in [3.63, 3.8) is 0 Å². The SMILES string of the molecule is Cc1cc(C)cc(N(c2cc(C)cc(C)c2)c2cccc(N(c3cc(C)cc(C)c3)c3cc(C)cc(C)c3)c2)c1. The summed E-state index contributed by atoms with van der Waals surface area (Å²) in [7, 11) is 0. The fourth-order valence-electron chi connectivity index (χ4n) is 5.98. The molecule has 40 heavy (non-hydrogen) atoms. The van der Waals surface area contributed by atoms with E-state index in [9.17, 15) is 0 Å². The molecular weight excluding hydrogens is 484 g/mol. The molecule has 202 valence electrons. The van der Waals surface area contributed by atoms with Crippen molar-refractivity contribution < 1.29 is 0 Å². The van der Waals surface area contributed by atoms with Crippen LogP contribution in [0.15, 0.2) is 97.1 Å². The maximum Gasteiger partial charge on any atom is 0.0482 e. The highest BCUT2D eigenvalue weighted by Crippen LogP contribution is 2.42. The lowest BCUT2D eigenvalue weighted by Crippen LogP contribution is -2.14. The maximum absolute atomic E-state index is 2.39. The first-order chi connectivity index (χ1) is 19.0. The smallest absolute Gasteiger partial charge is 0.0482 e. The van der Waals surface area contributed by atoms with Gasteiger partial charge in [0.15, 0.2) is 0 Å². The number of aryl methyl sites for hydroxylation is 8. The van der Waals surface area contributed by atoms with E-state index in [1.54, 1.807) is 0 Å². The third kappa shape index (κ3) is 5.97. The van der Waals surface area contributed by atoms with Crippen molar-refractivity contribution in [3.8, 4) is 0 Å². The average Bonchev–Trinajstić information content (AvgIpc) is 2.82. The van der Waals surface area contributed by atoms with Crippen molar-refractivity contribution in [3.05, 3.63) is 142 Å². The van der Waals surface area contributed by atoms with Crippen LogP contribution in [0.3, 0.4) is 0 Å². The molecule has 2 heteroatoms. The molecule has 5 aromatic carbocycles. The molecule has 0 aliphatic heterocycles. The van der Waals surface area contributed by atoms with Crippen LogP contribution in [0.5, 0.6) is 0 Å². The van der Waals surface area contributed by atoms with Crippen LogP contribution < -0.4 is 9.80 Å². The first-order valence-electron chi connectivity index (χ1n) is 14.1. The summed E-state index contributed by atoms with van der Waals surface area (Å²) >= 11 is 0. The van der Waals surface area contributed by atoms with Crippen LogP contribution in [0.4, 0.5) is 34.1 Å². The lowest BCUT2D eigenvalue weighted by Gasteiger charge is -2.30. The Hall–Kier alpha value is -4.30. The van der Waals surface area contributed by atoms with Gasteiger partial charge >= 0.3 is 0 Å². The maximum atomic E-state index is 2.39. The van der Waals surface area contributed by atoms with E-state index in [0.717, 1.165) is 11.4 Å². The highest BCUT2D eigenvalue weighted by Gasteiger charge is 2.19. The fourth-order valence-corrected chi connectivity index (χ4v) is 5.98. The summed E-state index contributed by atoms with van der Waals surface area (Å²) in [5.74, 6) is 0. The summed E-state index contributed by atoms with van der Waals surface area (Å²) in [5.41, 5.74) is 17.0. The summed E-state index contributed by atoms with van der Waals surface area (Å²) in [4.78, 5) is 4.79. The minimum atomic E-state index is 1.13. The standard InChI is InChI=1S/C38H40N2/c1-25-12-26(2)17-35(16-25)39(36-18-27(3)13-28(4)19-36)33-10-9-11-34(24-33)40(37-20-29(5)14-30(6)21-37)38-22-31(7)15-32(8)23-38/h9-24H,1-8H3. The highest BCUT2D eigenvalue weighted by molar-refractivity contribution is 5.84. The molecule has 5 rings (SSSR count). The molecule has 0 saturated heterocycles. The van der Waals surface area contributed by atoms with Crippen LogP contribution >= 0.6 is 0 Å². The highest BCUT2D eigenvalue weighted by atomic mass is 15.2. The van der Waals surface area contributed by atoms with E-state index >= 15 is 0 Å². The van der Waals surface area contributed by atoms with Gasteiger partial charge in [0.1, 0.15) is 0 Å². The Kier molecular flexibility index (Phi) is 7.54. The number of nitrogens with zero attached hydrogens (tertiary/aromatic N) is 2. The summed E-state index contributed by atoms with van der Waals surface area (Å²) in [6.45, 7) is 17.4. The van der Waals surface area contributed by atoms with Gasteiger partial charge in [0, 0.05) is 34.1 Å². The molecule has 0 saturated carbocycles. The predicted molar refractivity (Wildman–Crippen MR) is 174 cm³/mol. The monoisotopic (exact) mass is 524 g/mol. The molecule has 0 heterocycles. The van der Waals surface area contributed by atoms with E-state index in [2.05, 4.69) is 162 Å². The quantitative estimate of drug-likeness (QED) is 0.218. The second kappa shape index (κ2) is 11.1. The Balaban J connectivity index is 1.74. The van der Waals surface area contributed by atoms with Crippen LogP contribution in [0, 0.1) is 55.4 Å². The van der Waals surface area contributed by atoms with Crippen molar-refractivity contribution in [2.45, 2.75) is 55.4 Å². The molecule has 0 unspecified atom stereocenters.